The predicted octanol–water partition coefficient (Wildman–Crippen LogP) is 3.65. The zero-order chi connectivity index (χ0) is 15.2. The molecule has 2 aromatic rings. The van der Waals surface area contributed by atoms with Gasteiger partial charge in [0.25, 0.3) is 0 Å². The van der Waals surface area contributed by atoms with Crippen molar-refractivity contribution in [1.82, 2.24) is 5.32 Å². The Morgan fingerprint density at radius 1 is 1.14 bits per heavy atom. The number of nitrogens with one attached hydrogen (secondary N) is 1. The quantitative estimate of drug-likeness (QED) is 0.914. The number of rotatable bonds is 5. The van der Waals surface area contributed by atoms with Gasteiger partial charge in [-0.3, -0.25) is 4.79 Å². The van der Waals surface area contributed by atoms with E-state index in [2.05, 4.69) is 5.32 Å². The van der Waals surface area contributed by atoms with Crippen molar-refractivity contribution >= 4 is 23.2 Å². The van der Waals surface area contributed by atoms with Crippen LogP contribution in [0.1, 0.15) is 18.5 Å². The molecule has 0 radical (unpaired) electrons. The lowest BCUT2D eigenvalue weighted by Gasteiger charge is -2.21. The molecule has 0 aliphatic heterocycles. The van der Waals surface area contributed by atoms with Gasteiger partial charge in [-0.25, -0.2) is 0 Å². The summed E-state index contributed by atoms with van der Waals surface area (Å²) in [5, 5.41) is 3.69. The minimum Gasteiger partial charge on any atom is -0.365 e. The van der Waals surface area contributed by atoms with Gasteiger partial charge in [0, 0.05) is 17.8 Å². The Hall–Kier alpha value is -2.00. The van der Waals surface area contributed by atoms with Gasteiger partial charge in [-0.05, 0) is 36.8 Å². The summed E-state index contributed by atoms with van der Waals surface area (Å²) in [7, 11) is 1.90. The Kier molecular flexibility index (Phi) is 5.23. The van der Waals surface area contributed by atoms with Crippen LogP contribution in [0.4, 0.5) is 5.69 Å². The number of hydrogen-bond acceptors (Lipinski definition) is 2. The maximum absolute atomic E-state index is 12.1. The zero-order valence-electron chi connectivity index (χ0n) is 12.2. The number of nitrogens with zero attached hydrogens (tertiary/aromatic N) is 1. The fraction of sp³-hybridized carbons (Fsp3) is 0.235. The number of carbonyl (C=O) groups is 1. The minimum absolute atomic E-state index is 0.0104. The maximum atomic E-state index is 12.1. The van der Waals surface area contributed by atoms with E-state index in [1.807, 2.05) is 73.5 Å². The molecule has 0 saturated heterocycles. The van der Waals surface area contributed by atoms with Crippen molar-refractivity contribution in [2.45, 2.75) is 13.0 Å². The van der Waals surface area contributed by atoms with Crippen molar-refractivity contribution in [2.75, 3.05) is 18.5 Å². The Morgan fingerprint density at radius 2 is 1.76 bits per heavy atom. The molecule has 0 bridgehead atoms. The highest BCUT2D eigenvalue weighted by Crippen LogP contribution is 2.16. The third kappa shape index (κ3) is 4.50. The lowest BCUT2D eigenvalue weighted by atomic mass is 10.1. The molecular formula is C17H19ClN2O. The first-order valence-corrected chi connectivity index (χ1v) is 7.25. The molecule has 4 heteroatoms. The van der Waals surface area contributed by atoms with Crippen LogP contribution in [0.2, 0.25) is 5.02 Å². The van der Waals surface area contributed by atoms with Gasteiger partial charge in [0.2, 0.25) is 5.91 Å². The molecule has 0 spiro atoms. The first-order chi connectivity index (χ1) is 10.1. The van der Waals surface area contributed by atoms with Crippen molar-refractivity contribution < 1.29 is 4.79 Å². The van der Waals surface area contributed by atoms with Crippen LogP contribution in [0, 0.1) is 0 Å². The van der Waals surface area contributed by atoms with Gasteiger partial charge in [-0.15, -0.1) is 0 Å². The van der Waals surface area contributed by atoms with Crippen molar-refractivity contribution in [1.29, 1.82) is 0 Å². The lowest BCUT2D eigenvalue weighted by Crippen LogP contribution is -2.36. The summed E-state index contributed by atoms with van der Waals surface area (Å²) in [6.07, 6.45) is 0. The van der Waals surface area contributed by atoms with Crippen LogP contribution in [0.5, 0.6) is 0 Å². The van der Waals surface area contributed by atoms with E-state index in [9.17, 15) is 4.79 Å². The average molecular weight is 303 g/mol. The van der Waals surface area contributed by atoms with Gasteiger partial charge in [0.1, 0.15) is 0 Å². The molecule has 1 N–H and O–H groups in total. The molecule has 0 aliphatic rings. The molecule has 1 amide bonds. The fourth-order valence-electron chi connectivity index (χ4n) is 2.11. The molecule has 2 rings (SSSR count). The van der Waals surface area contributed by atoms with Crippen LogP contribution in [0.3, 0.4) is 0 Å². The Labute approximate surface area is 130 Å². The molecule has 0 aliphatic carbocycles. The highest BCUT2D eigenvalue weighted by atomic mass is 35.5. The highest BCUT2D eigenvalue weighted by Gasteiger charge is 2.11. The van der Waals surface area contributed by atoms with E-state index >= 15 is 0 Å². The predicted molar refractivity (Wildman–Crippen MR) is 87.7 cm³/mol. The number of likely N-dealkylation sites (N-methyl/N-ethyl adjacent to an activating group) is 1. The van der Waals surface area contributed by atoms with Crippen LogP contribution in [0.15, 0.2) is 54.6 Å². The van der Waals surface area contributed by atoms with Gasteiger partial charge in [0.15, 0.2) is 0 Å². The van der Waals surface area contributed by atoms with Crippen LogP contribution in [0.25, 0.3) is 0 Å². The molecule has 0 aromatic heterocycles. The molecule has 2 aromatic carbocycles. The van der Waals surface area contributed by atoms with Gasteiger partial charge in [-0.2, -0.15) is 0 Å². The Bertz CT molecular complexity index is 583. The standard InChI is InChI=1S/C17H19ClN2O/c1-13(14-8-10-15(18)11-9-14)19-17(21)12-20(2)16-6-4-3-5-7-16/h3-11,13H,12H2,1-2H3,(H,19,21)/t13-/m0/s1. The van der Waals surface area contributed by atoms with Crippen molar-refractivity contribution in [3.8, 4) is 0 Å². The Balaban J connectivity index is 1.91. The highest BCUT2D eigenvalue weighted by molar-refractivity contribution is 6.30. The molecular weight excluding hydrogens is 284 g/mol. The van der Waals surface area contributed by atoms with Crippen molar-refractivity contribution in [2.24, 2.45) is 0 Å². The summed E-state index contributed by atoms with van der Waals surface area (Å²) in [6.45, 7) is 2.28. The summed E-state index contributed by atoms with van der Waals surface area (Å²) >= 11 is 5.86. The molecule has 1 atom stereocenters. The molecule has 0 unspecified atom stereocenters. The van der Waals surface area contributed by atoms with E-state index in [4.69, 9.17) is 11.6 Å². The summed E-state index contributed by atoms with van der Waals surface area (Å²) in [4.78, 5) is 14.0. The number of para-hydroxylation sites is 1. The fourth-order valence-corrected chi connectivity index (χ4v) is 2.24. The topological polar surface area (TPSA) is 32.3 Å². The average Bonchev–Trinajstić information content (AvgIpc) is 2.48. The van der Waals surface area contributed by atoms with Gasteiger partial charge < -0.3 is 10.2 Å². The second kappa shape index (κ2) is 7.14. The molecule has 0 saturated carbocycles. The smallest absolute Gasteiger partial charge is 0.239 e. The molecule has 0 fully saturated rings. The van der Waals surface area contributed by atoms with Crippen LogP contribution in [-0.2, 0) is 4.79 Å². The third-order valence-electron chi connectivity index (χ3n) is 3.33. The van der Waals surface area contributed by atoms with E-state index in [0.29, 0.717) is 11.6 Å². The maximum Gasteiger partial charge on any atom is 0.239 e. The van der Waals surface area contributed by atoms with E-state index < -0.39 is 0 Å². The van der Waals surface area contributed by atoms with Gasteiger partial charge in [0.05, 0.1) is 12.6 Å². The van der Waals surface area contributed by atoms with Gasteiger partial charge in [-0.1, -0.05) is 41.9 Å². The minimum atomic E-state index is -0.0426. The van der Waals surface area contributed by atoms with Gasteiger partial charge >= 0.3 is 0 Å². The van der Waals surface area contributed by atoms with E-state index in [0.717, 1.165) is 11.3 Å². The third-order valence-corrected chi connectivity index (χ3v) is 3.58. The first-order valence-electron chi connectivity index (χ1n) is 6.87. The van der Waals surface area contributed by atoms with E-state index in [1.54, 1.807) is 0 Å². The monoisotopic (exact) mass is 302 g/mol. The molecule has 3 nitrogen and oxygen atoms in total. The Morgan fingerprint density at radius 3 is 2.38 bits per heavy atom. The second-order valence-corrected chi connectivity index (χ2v) is 5.47. The van der Waals surface area contributed by atoms with Crippen molar-refractivity contribution in [3.05, 3.63) is 65.2 Å². The number of carbonyl (C=O) groups excluding carboxylic acids is 1. The number of halogens is 1. The van der Waals surface area contributed by atoms with Crippen LogP contribution in [-0.4, -0.2) is 19.5 Å². The normalized spacial score (nSPS) is 11.8. The zero-order valence-corrected chi connectivity index (χ0v) is 13.0. The van der Waals surface area contributed by atoms with Crippen LogP contribution < -0.4 is 10.2 Å². The summed E-state index contributed by atoms with van der Waals surface area (Å²) in [5.74, 6) is -0.0104. The summed E-state index contributed by atoms with van der Waals surface area (Å²) in [5.41, 5.74) is 2.06. The van der Waals surface area contributed by atoms with E-state index in [-0.39, 0.29) is 11.9 Å². The van der Waals surface area contributed by atoms with E-state index in [1.165, 1.54) is 0 Å². The van der Waals surface area contributed by atoms with Crippen LogP contribution >= 0.6 is 11.6 Å². The lowest BCUT2D eigenvalue weighted by molar-refractivity contribution is -0.120. The number of hydrogen-bond donors (Lipinski definition) is 1. The second-order valence-electron chi connectivity index (χ2n) is 5.03. The number of anilines is 1. The number of amides is 1. The number of benzene rings is 2. The molecule has 110 valence electrons. The SMILES string of the molecule is C[C@H](NC(=O)CN(C)c1ccccc1)c1ccc(Cl)cc1. The first kappa shape index (κ1) is 15.4. The largest absolute Gasteiger partial charge is 0.365 e. The van der Waals surface area contributed by atoms with Crippen molar-refractivity contribution in [3.63, 3.8) is 0 Å². The molecule has 0 heterocycles. The summed E-state index contributed by atoms with van der Waals surface area (Å²) < 4.78 is 0. The summed E-state index contributed by atoms with van der Waals surface area (Å²) in [6, 6.07) is 17.3. The molecule has 21 heavy (non-hydrogen) atoms.